The third-order valence-corrected chi connectivity index (χ3v) is 7.64. The van der Waals surface area contributed by atoms with Crippen LogP contribution in [0.25, 0.3) is 0 Å². The van der Waals surface area contributed by atoms with Gasteiger partial charge in [-0.05, 0) is 37.0 Å². The van der Waals surface area contributed by atoms with Crippen molar-refractivity contribution in [2.45, 2.75) is 57.0 Å². The van der Waals surface area contributed by atoms with E-state index in [1.807, 2.05) is 44.2 Å². The van der Waals surface area contributed by atoms with Crippen LogP contribution in [0.2, 0.25) is 0 Å². The van der Waals surface area contributed by atoms with Gasteiger partial charge in [0.25, 0.3) is 15.9 Å². The lowest BCUT2D eigenvalue weighted by Gasteiger charge is -2.31. The van der Waals surface area contributed by atoms with Gasteiger partial charge in [-0.3, -0.25) is 14.4 Å². The van der Waals surface area contributed by atoms with Gasteiger partial charge in [-0.15, -0.1) is 0 Å². The van der Waals surface area contributed by atoms with Crippen LogP contribution in [0.5, 0.6) is 0 Å². The summed E-state index contributed by atoms with van der Waals surface area (Å²) in [6.07, 6.45) is 1.41. The van der Waals surface area contributed by atoms with Crippen molar-refractivity contribution in [3.05, 3.63) is 65.7 Å². The van der Waals surface area contributed by atoms with Crippen molar-refractivity contribution in [3.8, 4) is 0 Å². The number of amides is 3. The van der Waals surface area contributed by atoms with E-state index in [0.717, 1.165) is 16.3 Å². The van der Waals surface area contributed by atoms with Crippen LogP contribution in [-0.4, -0.2) is 54.5 Å². The van der Waals surface area contributed by atoms with E-state index in [-0.39, 0.29) is 48.2 Å². The van der Waals surface area contributed by atoms with E-state index >= 15 is 0 Å². The molecule has 2 aromatic carbocycles. The third kappa shape index (κ3) is 5.47. The first kappa shape index (κ1) is 25.4. The van der Waals surface area contributed by atoms with Gasteiger partial charge in [-0.2, -0.15) is 0 Å². The Bertz CT molecular complexity index is 1130. The highest BCUT2D eigenvalue weighted by Gasteiger charge is 2.40. The summed E-state index contributed by atoms with van der Waals surface area (Å²) in [5, 5.41) is 2.87. The Morgan fingerprint density at radius 1 is 1.03 bits per heavy atom. The quantitative estimate of drug-likeness (QED) is 0.527. The number of carbonyl (C=O) groups is 3. The van der Waals surface area contributed by atoms with Crippen LogP contribution in [0, 0.1) is 0 Å². The molecule has 1 atom stereocenters. The highest BCUT2D eigenvalue weighted by Crippen LogP contribution is 2.30. The molecule has 34 heavy (non-hydrogen) atoms. The van der Waals surface area contributed by atoms with Crippen LogP contribution >= 0.6 is 0 Å². The molecule has 1 N–H and O–H groups in total. The Kier molecular flexibility index (Phi) is 8.44. The summed E-state index contributed by atoms with van der Waals surface area (Å²) < 4.78 is 26.3. The average molecular weight is 486 g/mol. The van der Waals surface area contributed by atoms with E-state index in [0.29, 0.717) is 13.0 Å². The number of nitrogens with one attached hydrogen (secondary N) is 1. The SMILES string of the molecule is CCCNC(=O)C(CC)N(Cc1ccccc1)C(=O)CCCN1C(=O)c2ccccc2S1(=O)=O. The molecule has 2 aromatic rings. The second-order valence-corrected chi connectivity index (χ2v) is 10.0. The molecule has 182 valence electrons. The number of benzene rings is 2. The number of fused-ring (bicyclic) bond motifs is 1. The number of sulfonamides is 1. The smallest absolute Gasteiger partial charge is 0.269 e. The number of nitrogens with zero attached hydrogens (tertiary/aromatic N) is 2. The molecule has 8 nitrogen and oxygen atoms in total. The van der Waals surface area contributed by atoms with E-state index < -0.39 is 22.0 Å². The number of rotatable bonds is 11. The molecule has 0 saturated heterocycles. The Morgan fingerprint density at radius 3 is 2.35 bits per heavy atom. The monoisotopic (exact) mass is 485 g/mol. The molecule has 0 spiro atoms. The van der Waals surface area contributed by atoms with Gasteiger partial charge < -0.3 is 10.2 Å². The first-order chi connectivity index (χ1) is 16.3. The summed E-state index contributed by atoms with van der Waals surface area (Å²) in [5.41, 5.74) is 1.04. The van der Waals surface area contributed by atoms with Crippen LogP contribution in [0.4, 0.5) is 0 Å². The predicted molar refractivity (Wildman–Crippen MR) is 128 cm³/mol. The third-order valence-electron chi connectivity index (χ3n) is 5.79. The Labute approximate surface area is 201 Å². The molecule has 0 radical (unpaired) electrons. The Morgan fingerprint density at radius 2 is 1.71 bits per heavy atom. The normalized spacial score (nSPS) is 15.0. The lowest BCUT2D eigenvalue weighted by molar-refractivity contribution is -0.141. The summed E-state index contributed by atoms with van der Waals surface area (Å²) >= 11 is 0. The zero-order valence-electron chi connectivity index (χ0n) is 19.6. The first-order valence-electron chi connectivity index (χ1n) is 11.6. The van der Waals surface area contributed by atoms with Crippen LogP contribution in [-0.2, 0) is 26.2 Å². The van der Waals surface area contributed by atoms with Crippen LogP contribution < -0.4 is 5.32 Å². The molecule has 0 fully saturated rings. The van der Waals surface area contributed by atoms with Gasteiger partial charge in [0.1, 0.15) is 10.9 Å². The van der Waals surface area contributed by atoms with Gasteiger partial charge >= 0.3 is 0 Å². The van der Waals surface area contributed by atoms with E-state index in [4.69, 9.17) is 0 Å². The van der Waals surface area contributed by atoms with Gasteiger partial charge in [-0.1, -0.05) is 56.3 Å². The highest BCUT2D eigenvalue weighted by atomic mass is 32.2. The van der Waals surface area contributed by atoms with Gasteiger partial charge in [0.05, 0.1) is 5.56 Å². The molecule has 3 rings (SSSR count). The molecule has 0 bridgehead atoms. The first-order valence-corrected chi connectivity index (χ1v) is 13.0. The van der Waals surface area contributed by atoms with Crippen molar-refractivity contribution in [2.24, 2.45) is 0 Å². The van der Waals surface area contributed by atoms with Crippen molar-refractivity contribution >= 4 is 27.7 Å². The molecule has 1 heterocycles. The van der Waals surface area contributed by atoms with E-state index in [2.05, 4.69) is 5.32 Å². The number of hydrogen-bond acceptors (Lipinski definition) is 5. The minimum Gasteiger partial charge on any atom is -0.354 e. The average Bonchev–Trinajstić information content (AvgIpc) is 3.03. The molecule has 1 unspecified atom stereocenters. The van der Waals surface area contributed by atoms with E-state index in [1.165, 1.54) is 12.1 Å². The molecule has 0 aromatic heterocycles. The maximum absolute atomic E-state index is 13.3. The zero-order chi connectivity index (χ0) is 24.7. The summed E-state index contributed by atoms with van der Waals surface area (Å²) in [6.45, 7) is 4.51. The van der Waals surface area contributed by atoms with E-state index in [9.17, 15) is 22.8 Å². The summed E-state index contributed by atoms with van der Waals surface area (Å²) in [4.78, 5) is 40.2. The summed E-state index contributed by atoms with van der Waals surface area (Å²) in [7, 11) is -3.91. The molecular weight excluding hydrogens is 454 g/mol. The highest BCUT2D eigenvalue weighted by molar-refractivity contribution is 7.90. The molecular formula is C25H31N3O5S. The molecule has 1 aliphatic rings. The number of carbonyl (C=O) groups excluding carboxylic acids is 3. The van der Waals surface area contributed by atoms with Crippen LogP contribution in [0.15, 0.2) is 59.5 Å². The van der Waals surface area contributed by atoms with Crippen molar-refractivity contribution in [2.75, 3.05) is 13.1 Å². The standard InChI is InChI=1S/C25H31N3O5S/c1-3-16-26-24(30)21(4-2)27(18-19-11-6-5-7-12-19)23(29)15-10-17-28-25(31)20-13-8-9-14-22(20)34(28,32)33/h5-9,11-14,21H,3-4,10,15-18H2,1-2H3,(H,26,30). The van der Waals surface area contributed by atoms with Crippen molar-refractivity contribution in [1.29, 1.82) is 0 Å². The maximum atomic E-state index is 13.3. The second kappa shape index (κ2) is 11.3. The second-order valence-electron chi connectivity index (χ2n) is 8.20. The fourth-order valence-corrected chi connectivity index (χ4v) is 5.64. The Hall–Kier alpha value is -3.20. The fraction of sp³-hybridized carbons (Fsp3) is 0.400. The van der Waals surface area contributed by atoms with Gasteiger partial charge in [0, 0.05) is 26.1 Å². The molecule has 0 aliphatic carbocycles. The van der Waals surface area contributed by atoms with Crippen molar-refractivity contribution in [3.63, 3.8) is 0 Å². The van der Waals surface area contributed by atoms with Gasteiger partial charge in [0.15, 0.2) is 0 Å². The predicted octanol–water partition coefficient (Wildman–Crippen LogP) is 2.94. The minimum atomic E-state index is -3.91. The maximum Gasteiger partial charge on any atom is 0.269 e. The van der Waals surface area contributed by atoms with Gasteiger partial charge in [0.2, 0.25) is 11.8 Å². The van der Waals surface area contributed by atoms with Crippen molar-refractivity contribution < 1.29 is 22.8 Å². The summed E-state index contributed by atoms with van der Waals surface area (Å²) in [6, 6.07) is 14.9. The molecule has 1 aliphatic heterocycles. The molecule has 9 heteroatoms. The minimum absolute atomic E-state index is 0.00401. The fourth-order valence-electron chi connectivity index (χ4n) is 4.04. The number of hydrogen-bond donors (Lipinski definition) is 1. The van der Waals surface area contributed by atoms with Gasteiger partial charge in [-0.25, -0.2) is 12.7 Å². The van der Waals surface area contributed by atoms with Crippen LogP contribution in [0.3, 0.4) is 0 Å². The van der Waals surface area contributed by atoms with Crippen molar-refractivity contribution in [1.82, 2.24) is 14.5 Å². The Balaban J connectivity index is 1.71. The molecule has 0 saturated carbocycles. The lowest BCUT2D eigenvalue weighted by Crippen LogP contribution is -2.49. The van der Waals surface area contributed by atoms with Crippen LogP contribution in [0.1, 0.15) is 55.5 Å². The zero-order valence-corrected chi connectivity index (χ0v) is 20.4. The topological polar surface area (TPSA) is 104 Å². The lowest BCUT2D eigenvalue weighted by atomic mass is 10.1. The van der Waals surface area contributed by atoms with E-state index in [1.54, 1.807) is 17.0 Å². The molecule has 3 amide bonds. The largest absolute Gasteiger partial charge is 0.354 e. The summed E-state index contributed by atoms with van der Waals surface area (Å²) in [5.74, 6) is -1.04.